The van der Waals surface area contributed by atoms with Gasteiger partial charge in [0, 0.05) is 18.7 Å². The second-order valence-corrected chi connectivity index (χ2v) is 7.65. The van der Waals surface area contributed by atoms with Crippen molar-refractivity contribution in [2.24, 2.45) is 0 Å². The van der Waals surface area contributed by atoms with Gasteiger partial charge < -0.3 is 23.8 Å². The molecule has 1 amide bonds. The van der Waals surface area contributed by atoms with Gasteiger partial charge in [-0.2, -0.15) is 0 Å². The van der Waals surface area contributed by atoms with Crippen molar-refractivity contribution >= 4 is 17.0 Å². The van der Waals surface area contributed by atoms with Crippen LogP contribution >= 0.6 is 0 Å². The first-order chi connectivity index (χ1) is 14.3. The molecule has 0 saturated heterocycles. The zero-order valence-electron chi connectivity index (χ0n) is 16.2. The van der Waals surface area contributed by atoms with E-state index in [4.69, 9.17) is 8.83 Å². The molecule has 0 radical (unpaired) electrons. The number of fused-ring (bicyclic) bond motifs is 2. The third-order valence-corrected chi connectivity index (χ3v) is 5.04. The second-order valence-electron chi connectivity index (χ2n) is 7.65. The summed E-state index contributed by atoms with van der Waals surface area (Å²) in [5.41, 5.74) is 0.466. The minimum Gasteiger partial charge on any atom is -0.435 e. The Morgan fingerprint density at radius 3 is 2.90 bits per heavy atom. The summed E-state index contributed by atoms with van der Waals surface area (Å²) in [6, 6.07) is 3.70. The molecular weight excluding hydrogens is 393 g/mol. The topological polar surface area (TPSA) is 121 Å². The van der Waals surface area contributed by atoms with Crippen molar-refractivity contribution in [1.29, 1.82) is 0 Å². The quantitative estimate of drug-likeness (QED) is 0.532. The van der Waals surface area contributed by atoms with Crippen molar-refractivity contribution in [3.63, 3.8) is 0 Å². The van der Waals surface area contributed by atoms with Crippen molar-refractivity contribution in [3.8, 4) is 0 Å². The average molecular weight is 411 g/mol. The van der Waals surface area contributed by atoms with E-state index in [9.17, 15) is 14.3 Å². The Morgan fingerprint density at radius 1 is 1.33 bits per heavy atom. The molecule has 0 unspecified atom stereocenters. The lowest BCUT2D eigenvalue weighted by atomic mass is 10.0. The SMILES string of the molecule is CC(C)(O)c1ncc(C(=O)N2CCc3[nH]cnc3[C@H]2c2nc3cccc(F)c3o2)o1. The van der Waals surface area contributed by atoms with Crippen LogP contribution in [0, 0.1) is 5.82 Å². The van der Waals surface area contributed by atoms with Gasteiger partial charge in [-0.1, -0.05) is 6.07 Å². The Balaban J connectivity index is 1.59. The van der Waals surface area contributed by atoms with Gasteiger partial charge in [0.25, 0.3) is 5.91 Å². The number of rotatable bonds is 3. The van der Waals surface area contributed by atoms with E-state index < -0.39 is 23.4 Å². The van der Waals surface area contributed by atoms with Gasteiger partial charge in [0.15, 0.2) is 17.4 Å². The molecule has 9 nitrogen and oxygen atoms in total. The number of carbonyl (C=O) groups excluding carboxylic acids is 1. The number of H-pyrrole nitrogens is 1. The first-order valence-corrected chi connectivity index (χ1v) is 9.39. The standard InChI is InChI=1S/C20H18FN5O4/c1-20(2,28)19-22-8-13(29-19)18(27)26-7-6-11-14(24-9-23-11)15(26)17-25-12-5-3-4-10(21)16(12)30-17/h3-5,8-9,15,28H,6-7H2,1-2H3,(H,23,24)/t15-/m0/s1. The van der Waals surface area contributed by atoms with Gasteiger partial charge in [0.05, 0.1) is 18.2 Å². The molecule has 1 aliphatic rings. The van der Waals surface area contributed by atoms with Crippen LogP contribution in [0.1, 0.15) is 53.6 Å². The van der Waals surface area contributed by atoms with Crippen LogP contribution in [0.15, 0.2) is 39.6 Å². The molecule has 0 spiro atoms. The van der Waals surface area contributed by atoms with Gasteiger partial charge in [-0.25, -0.2) is 19.3 Å². The number of carbonyl (C=O) groups is 1. The van der Waals surface area contributed by atoms with Crippen molar-refractivity contribution < 1.29 is 23.1 Å². The largest absolute Gasteiger partial charge is 0.435 e. The number of nitrogens with one attached hydrogen (secondary N) is 1. The monoisotopic (exact) mass is 411 g/mol. The summed E-state index contributed by atoms with van der Waals surface area (Å²) in [4.78, 5) is 30.6. The number of aromatic amines is 1. The maximum absolute atomic E-state index is 14.2. The predicted octanol–water partition coefficient (Wildman–Crippen LogP) is 2.69. The first kappa shape index (κ1) is 18.5. The fourth-order valence-corrected chi connectivity index (χ4v) is 3.59. The molecule has 4 heterocycles. The Hall–Kier alpha value is -3.53. The lowest BCUT2D eigenvalue weighted by Gasteiger charge is -2.32. The van der Waals surface area contributed by atoms with Crippen LogP contribution in [-0.2, 0) is 12.0 Å². The highest BCUT2D eigenvalue weighted by Gasteiger charge is 2.39. The molecular formula is C20H18FN5O4. The Kier molecular flexibility index (Phi) is 4.00. The average Bonchev–Trinajstić information content (AvgIpc) is 3.44. The Bertz CT molecular complexity index is 1250. The first-order valence-electron chi connectivity index (χ1n) is 9.39. The zero-order chi connectivity index (χ0) is 21.0. The lowest BCUT2D eigenvalue weighted by molar-refractivity contribution is 0.0436. The minimum atomic E-state index is -1.33. The minimum absolute atomic E-state index is 0.0199. The van der Waals surface area contributed by atoms with E-state index in [0.717, 1.165) is 5.69 Å². The maximum Gasteiger partial charge on any atom is 0.292 e. The maximum atomic E-state index is 14.2. The number of hydrogen-bond donors (Lipinski definition) is 2. The third-order valence-electron chi connectivity index (χ3n) is 5.04. The van der Waals surface area contributed by atoms with Gasteiger partial charge >= 0.3 is 0 Å². The number of benzene rings is 1. The summed E-state index contributed by atoms with van der Waals surface area (Å²) in [5, 5.41) is 10.1. The molecule has 0 fully saturated rings. The highest BCUT2D eigenvalue weighted by Crippen LogP contribution is 2.36. The van der Waals surface area contributed by atoms with Crippen LogP contribution in [0.25, 0.3) is 11.1 Å². The van der Waals surface area contributed by atoms with Gasteiger partial charge in [0.1, 0.15) is 11.1 Å². The Labute approximate surface area is 169 Å². The lowest BCUT2D eigenvalue weighted by Crippen LogP contribution is -2.40. The molecule has 5 rings (SSSR count). The van der Waals surface area contributed by atoms with Crippen LogP contribution in [0.5, 0.6) is 0 Å². The molecule has 1 atom stereocenters. The number of amides is 1. The number of halogens is 1. The summed E-state index contributed by atoms with van der Waals surface area (Å²) in [5.74, 6) is -0.840. The van der Waals surface area contributed by atoms with E-state index in [0.29, 0.717) is 24.2 Å². The predicted molar refractivity (Wildman–Crippen MR) is 101 cm³/mol. The third kappa shape index (κ3) is 2.88. The summed E-state index contributed by atoms with van der Waals surface area (Å²) in [6.45, 7) is 3.36. The molecule has 0 aliphatic carbocycles. The Morgan fingerprint density at radius 2 is 2.17 bits per heavy atom. The number of imidazole rings is 1. The number of aliphatic hydroxyl groups is 1. The molecule has 1 aromatic carbocycles. The fraction of sp³-hybridized carbons (Fsp3) is 0.300. The van der Waals surface area contributed by atoms with E-state index >= 15 is 0 Å². The van der Waals surface area contributed by atoms with Gasteiger partial charge in [0.2, 0.25) is 17.5 Å². The van der Waals surface area contributed by atoms with Gasteiger partial charge in [-0.15, -0.1) is 0 Å². The summed E-state index contributed by atoms with van der Waals surface area (Å²) < 4.78 is 25.4. The van der Waals surface area contributed by atoms with Crippen LogP contribution in [0.3, 0.4) is 0 Å². The molecule has 10 heteroatoms. The van der Waals surface area contributed by atoms with Crippen molar-refractivity contribution in [1.82, 2.24) is 24.8 Å². The van der Waals surface area contributed by atoms with Crippen LogP contribution < -0.4 is 0 Å². The van der Waals surface area contributed by atoms with Crippen molar-refractivity contribution in [3.05, 3.63) is 65.5 Å². The van der Waals surface area contributed by atoms with Crippen LogP contribution in [0.2, 0.25) is 0 Å². The number of para-hydroxylation sites is 1. The van der Waals surface area contributed by atoms with E-state index in [1.807, 2.05) is 0 Å². The number of hydrogen-bond acceptors (Lipinski definition) is 7. The molecule has 0 bridgehead atoms. The van der Waals surface area contributed by atoms with Crippen molar-refractivity contribution in [2.75, 3.05) is 6.54 Å². The van der Waals surface area contributed by atoms with Gasteiger partial charge in [-0.3, -0.25) is 4.79 Å². The molecule has 3 aromatic heterocycles. The smallest absolute Gasteiger partial charge is 0.292 e. The van der Waals surface area contributed by atoms with Crippen LogP contribution in [-0.4, -0.2) is 42.4 Å². The normalized spacial score (nSPS) is 16.8. The second kappa shape index (κ2) is 6.49. The van der Waals surface area contributed by atoms with E-state index in [1.54, 1.807) is 12.1 Å². The van der Waals surface area contributed by atoms with Crippen molar-refractivity contribution in [2.45, 2.75) is 31.9 Å². The van der Waals surface area contributed by atoms with E-state index in [1.165, 1.54) is 37.3 Å². The highest BCUT2D eigenvalue weighted by atomic mass is 19.1. The summed E-state index contributed by atoms with van der Waals surface area (Å²) in [6.07, 6.45) is 3.35. The molecule has 1 aliphatic heterocycles. The highest BCUT2D eigenvalue weighted by molar-refractivity contribution is 5.92. The zero-order valence-corrected chi connectivity index (χ0v) is 16.2. The number of aromatic nitrogens is 4. The molecule has 4 aromatic rings. The molecule has 0 saturated carbocycles. The number of nitrogens with zero attached hydrogens (tertiary/aromatic N) is 4. The molecule has 30 heavy (non-hydrogen) atoms. The van der Waals surface area contributed by atoms with Gasteiger partial charge in [-0.05, 0) is 26.0 Å². The van der Waals surface area contributed by atoms with E-state index in [-0.39, 0.29) is 23.1 Å². The summed E-state index contributed by atoms with van der Waals surface area (Å²) >= 11 is 0. The molecule has 154 valence electrons. The molecule has 2 N–H and O–H groups in total. The van der Waals surface area contributed by atoms with Crippen LogP contribution in [0.4, 0.5) is 4.39 Å². The number of oxazole rings is 2. The van der Waals surface area contributed by atoms with E-state index in [2.05, 4.69) is 19.9 Å². The fourth-order valence-electron chi connectivity index (χ4n) is 3.59. The summed E-state index contributed by atoms with van der Waals surface area (Å²) in [7, 11) is 0.